The molecule has 2 aromatic rings. The van der Waals surface area contributed by atoms with E-state index >= 15 is 0 Å². The second-order valence-corrected chi connectivity index (χ2v) is 4.22. The van der Waals surface area contributed by atoms with Crippen molar-refractivity contribution in [3.8, 4) is 0 Å². The highest BCUT2D eigenvalue weighted by atomic mass is 16.6. The summed E-state index contributed by atoms with van der Waals surface area (Å²) in [5, 5.41) is 14.7. The minimum Gasteiger partial charge on any atom is -0.361 e. The molecule has 0 bridgehead atoms. The van der Waals surface area contributed by atoms with Gasteiger partial charge in [-0.25, -0.2) is 0 Å². The Balaban J connectivity index is 2.47. The average Bonchev–Trinajstić information content (AvgIpc) is 2.67. The Morgan fingerprint density at radius 3 is 2.50 bits per heavy atom. The van der Waals surface area contributed by atoms with Gasteiger partial charge in [-0.3, -0.25) is 10.1 Å². The second kappa shape index (κ2) is 5.00. The summed E-state index contributed by atoms with van der Waals surface area (Å²) in [7, 11) is 0. The smallest absolute Gasteiger partial charge is 0.214 e. The normalized spacial score (nSPS) is 12.3. The summed E-state index contributed by atoms with van der Waals surface area (Å²) in [4.78, 5) is 10.6. The molecule has 0 saturated carbocycles. The Morgan fingerprint density at radius 1 is 1.33 bits per heavy atom. The SMILES string of the molecule is Cc1noc(C)c1[C@H](C[N+](=O)[O-])c1ccccc1. The van der Waals surface area contributed by atoms with Crippen molar-refractivity contribution in [1.82, 2.24) is 5.16 Å². The summed E-state index contributed by atoms with van der Waals surface area (Å²) < 4.78 is 5.11. The van der Waals surface area contributed by atoms with Crippen molar-refractivity contribution >= 4 is 0 Å². The summed E-state index contributed by atoms with van der Waals surface area (Å²) >= 11 is 0. The predicted molar refractivity (Wildman–Crippen MR) is 66.1 cm³/mol. The van der Waals surface area contributed by atoms with Gasteiger partial charge in [0.1, 0.15) is 5.76 Å². The molecule has 0 spiro atoms. The summed E-state index contributed by atoms with van der Waals surface area (Å²) in [6.45, 7) is 3.43. The lowest BCUT2D eigenvalue weighted by Crippen LogP contribution is -2.15. The molecule has 0 aliphatic carbocycles. The van der Waals surface area contributed by atoms with Crippen LogP contribution in [0.5, 0.6) is 0 Å². The first-order valence-electron chi connectivity index (χ1n) is 5.69. The van der Waals surface area contributed by atoms with E-state index in [0.717, 1.165) is 11.1 Å². The second-order valence-electron chi connectivity index (χ2n) is 4.22. The van der Waals surface area contributed by atoms with Crippen molar-refractivity contribution in [3.63, 3.8) is 0 Å². The Kier molecular flexibility index (Phi) is 3.41. The molecule has 2 rings (SSSR count). The summed E-state index contributed by atoms with van der Waals surface area (Å²) in [6.07, 6.45) is 0. The number of benzene rings is 1. The first-order valence-corrected chi connectivity index (χ1v) is 5.69. The van der Waals surface area contributed by atoms with Gasteiger partial charge in [-0.15, -0.1) is 0 Å². The van der Waals surface area contributed by atoms with Gasteiger partial charge in [0.15, 0.2) is 0 Å². The molecular weight excluding hydrogens is 232 g/mol. The van der Waals surface area contributed by atoms with Gasteiger partial charge in [0, 0.05) is 10.5 Å². The van der Waals surface area contributed by atoms with E-state index in [9.17, 15) is 10.1 Å². The van der Waals surface area contributed by atoms with Crippen LogP contribution in [-0.2, 0) is 0 Å². The topological polar surface area (TPSA) is 69.2 Å². The fourth-order valence-electron chi connectivity index (χ4n) is 2.19. The molecule has 1 heterocycles. The van der Waals surface area contributed by atoms with Crippen LogP contribution in [0.4, 0.5) is 0 Å². The minimum atomic E-state index is -0.313. The van der Waals surface area contributed by atoms with Crippen LogP contribution in [0.3, 0.4) is 0 Å². The monoisotopic (exact) mass is 246 g/mol. The van der Waals surface area contributed by atoms with Crippen LogP contribution in [0, 0.1) is 24.0 Å². The van der Waals surface area contributed by atoms with Gasteiger partial charge in [-0.05, 0) is 19.4 Å². The van der Waals surface area contributed by atoms with Crippen molar-refractivity contribution in [1.29, 1.82) is 0 Å². The third kappa shape index (κ3) is 2.40. The zero-order valence-corrected chi connectivity index (χ0v) is 10.3. The van der Waals surface area contributed by atoms with E-state index in [2.05, 4.69) is 5.16 Å². The molecule has 0 saturated heterocycles. The lowest BCUT2D eigenvalue weighted by atomic mass is 9.90. The Bertz CT molecular complexity index is 529. The summed E-state index contributed by atoms with van der Waals surface area (Å²) in [6, 6.07) is 9.42. The first kappa shape index (κ1) is 12.3. The molecule has 0 fully saturated rings. The summed E-state index contributed by atoms with van der Waals surface area (Å²) in [5.41, 5.74) is 2.43. The van der Waals surface area contributed by atoms with Crippen LogP contribution >= 0.6 is 0 Å². The van der Waals surface area contributed by atoms with Gasteiger partial charge < -0.3 is 4.52 Å². The van der Waals surface area contributed by atoms with E-state index in [1.807, 2.05) is 37.3 Å². The van der Waals surface area contributed by atoms with Crippen molar-refractivity contribution in [3.05, 3.63) is 63.0 Å². The molecule has 0 aliphatic heterocycles. The molecule has 0 aliphatic rings. The molecule has 1 aromatic carbocycles. The molecular formula is C13H14N2O3. The lowest BCUT2D eigenvalue weighted by Gasteiger charge is -2.12. The van der Waals surface area contributed by atoms with Gasteiger partial charge in [-0.2, -0.15) is 0 Å². The molecule has 0 amide bonds. The number of hydrogen-bond acceptors (Lipinski definition) is 4. The maximum absolute atomic E-state index is 10.9. The van der Waals surface area contributed by atoms with E-state index in [4.69, 9.17) is 4.52 Å². The van der Waals surface area contributed by atoms with E-state index in [1.54, 1.807) is 6.92 Å². The van der Waals surface area contributed by atoms with Crippen molar-refractivity contribution in [2.24, 2.45) is 0 Å². The highest BCUT2D eigenvalue weighted by molar-refractivity contribution is 5.36. The molecule has 1 aromatic heterocycles. The van der Waals surface area contributed by atoms with Crippen LogP contribution < -0.4 is 0 Å². The quantitative estimate of drug-likeness (QED) is 0.614. The Labute approximate surface area is 105 Å². The van der Waals surface area contributed by atoms with Crippen LogP contribution in [0.2, 0.25) is 0 Å². The fraction of sp³-hybridized carbons (Fsp3) is 0.308. The fourth-order valence-corrected chi connectivity index (χ4v) is 2.19. The zero-order valence-electron chi connectivity index (χ0n) is 10.3. The molecule has 94 valence electrons. The van der Waals surface area contributed by atoms with Crippen LogP contribution in [0.25, 0.3) is 0 Å². The Morgan fingerprint density at radius 2 is 2.00 bits per heavy atom. The third-order valence-electron chi connectivity index (χ3n) is 2.97. The van der Waals surface area contributed by atoms with Crippen molar-refractivity contribution in [2.75, 3.05) is 6.54 Å². The molecule has 0 N–H and O–H groups in total. The van der Waals surface area contributed by atoms with Crippen molar-refractivity contribution < 1.29 is 9.45 Å². The molecule has 1 atom stereocenters. The van der Waals surface area contributed by atoms with Gasteiger partial charge in [-0.1, -0.05) is 35.5 Å². The van der Waals surface area contributed by atoms with E-state index in [1.165, 1.54) is 0 Å². The minimum absolute atomic E-state index is 0.160. The molecule has 5 nitrogen and oxygen atoms in total. The predicted octanol–water partition coefficient (Wildman–Crippen LogP) is 2.70. The largest absolute Gasteiger partial charge is 0.361 e. The number of aromatic nitrogens is 1. The van der Waals surface area contributed by atoms with Gasteiger partial charge in [0.05, 0.1) is 11.6 Å². The lowest BCUT2D eigenvalue weighted by molar-refractivity contribution is -0.481. The molecule has 18 heavy (non-hydrogen) atoms. The maximum atomic E-state index is 10.9. The number of nitrogens with zero attached hydrogens (tertiary/aromatic N) is 2. The van der Waals surface area contributed by atoms with Crippen LogP contribution in [0.15, 0.2) is 34.9 Å². The van der Waals surface area contributed by atoms with Crippen LogP contribution in [-0.4, -0.2) is 16.6 Å². The third-order valence-corrected chi connectivity index (χ3v) is 2.97. The van der Waals surface area contributed by atoms with Gasteiger partial charge in [0.2, 0.25) is 6.54 Å². The van der Waals surface area contributed by atoms with Gasteiger partial charge >= 0.3 is 0 Å². The van der Waals surface area contributed by atoms with Crippen molar-refractivity contribution in [2.45, 2.75) is 19.8 Å². The number of nitro groups is 1. The summed E-state index contributed by atoms with van der Waals surface area (Å²) in [5.74, 6) is 0.329. The van der Waals surface area contributed by atoms with E-state index in [0.29, 0.717) is 11.5 Å². The Hall–Kier alpha value is -2.17. The molecule has 5 heteroatoms. The highest BCUT2D eigenvalue weighted by Crippen LogP contribution is 2.29. The standard InChI is InChI=1S/C13H14N2O3/c1-9-13(10(2)18-14-9)12(8-15(16)17)11-6-4-3-5-7-11/h3-7,12H,8H2,1-2H3/t12-/m1/s1. The van der Waals surface area contributed by atoms with Gasteiger partial charge in [0.25, 0.3) is 0 Å². The maximum Gasteiger partial charge on any atom is 0.214 e. The van der Waals surface area contributed by atoms with E-state index in [-0.39, 0.29) is 17.4 Å². The number of hydrogen-bond donors (Lipinski definition) is 0. The molecule has 0 radical (unpaired) electrons. The molecule has 0 unspecified atom stereocenters. The number of rotatable bonds is 4. The zero-order chi connectivity index (χ0) is 13.1. The number of aryl methyl sites for hydroxylation is 2. The first-order chi connectivity index (χ1) is 8.59. The van der Waals surface area contributed by atoms with Crippen LogP contribution in [0.1, 0.15) is 28.5 Å². The van der Waals surface area contributed by atoms with E-state index < -0.39 is 0 Å². The highest BCUT2D eigenvalue weighted by Gasteiger charge is 2.26. The average molecular weight is 246 g/mol.